The third-order valence-corrected chi connectivity index (χ3v) is 2.72. The van der Waals surface area contributed by atoms with E-state index in [0.29, 0.717) is 16.4 Å². The van der Waals surface area contributed by atoms with Crippen LogP contribution in [0.25, 0.3) is 11.3 Å². The number of rotatable bonds is 3. The number of benzene rings is 1. The lowest BCUT2D eigenvalue weighted by molar-refractivity contribution is -0.115. The SMILES string of the molecule is CC(Cl)C(=O)Nc1conc1-c1cccc(Cl)c1. The number of anilines is 1. The van der Waals surface area contributed by atoms with Crippen LogP contribution in [0.2, 0.25) is 5.02 Å². The van der Waals surface area contributed by atoms with Gasteiger partial charge in [0.15, 0.2) is 0 Å². The first kappa shape index (κ1) is 12.9. The second-order valence-corrected chi connectivity index (χ2v) is 4.78. The Morgan fingerprint density at radius 1 is 1.50 bits per heavy atom. The molecule has 0 aliphatic carbocycles. The molecule has 1 atom stereocenters. The standard InChI is InChI=1S/C12H10Cl2N2O2/c1-7(13)12(17)15-10-6-18-16-11(10)8-3-2-4-9(14)5-8/h2-7H,1H3,(H,15,17). The van der Waals surface area contributed by atoms with E-state index in [-0.39, 0.29) is 5.91 Å². The largest absolute Gasteiger partial charge is 0.362 e. The van der Waals surface area contributed by atoms with Crippen molar-refractivity contribution in [2.45, 2.75) is 12.3 Å². The average molecular weight is 285 g/mol. The van der Waals surface area contributed by atoms with E-state index < -0.39 is 5.38 Å². The lowest BCUT2D eigenvalue weighted by atomic mass is 10.1. The highest BCUT2D eigenvalue weighted by molar-refractivity contribution is 6.32. The second kappa shape index (κ2) is 5.42. The number of carbonyl (C=O) groups excluding carboxylic acids is 1. The summed E-state index contributed by atoms with van der Waals surface area (Å²) < 4.78 is 4.87. The quantitative estimate of drug-likeness (QED) is 0.877. The van der Waals surface area contributed by atoms with Crippen molar-refractivity contribution in [2.24, 2.45) is 0 Å². The third kappa shape index (κ3) is 2.83. The van der Waals surface area contributed by atoms with Crippen LogP contribution in [0.4, 0.5) is 5.69 Å². The normalized spacial score (nSPS) is 12.2. The molecule has 1 heterocycles. The van der Waals surface area contributed by atoms with E-state index in [1.807, 2.05) is 6.07 Å². The van der Waals surface area contributed by atoms with Crippen molar-refractivity contribution >= 4 is 34.8 Å². The maximum atomic E-state index is 11.5. The number of amides is 1. The van der Waals surface area contributed by atoms with Crippen molar-refractivity contribution in [3.8, 4) is 11.3 Å². The summed E-state index contributed by atoms with van der Waals surface area (Å²) in [7, 11) is 0. The zero-order chi connectivity index (χ0) is 13.1. The number of hydrogen-bond acceptors (Lipinski definition) is 3. The van der Waals surface area contributed by atoms with Gasteiger partial charge >= 0.3 is 0 Å². The molecule has 94 valence electrons. The molecule has 4 nitrogen and oxygen atoms in total. The summed E-state index contributed by atoms with van der Waals surface area (Å²) in [6.45, 7) is 1.59. The first-order valence-electron chi connectivity index (χ1n) is 5.23. The number of nitrogens with one attached hydrogen (secondary N) is 1. The van der Waals surface area contributed by atoms with E-state index in [1.54, 1.807) is 25.1 Å². The van der Waals surface area contributed by atoms with Crippen molar-refractivity contribution < 1.29 is 9.32 Å². The minimum atomic E-state index is -0.632. The zero-order valence-corrected chi connectivity index (χ0v) is 11.0. The molecule has 1 aromatic heterocycles. The lowest BCUT2D eigenvalue weighted by Crippen LogP contribution is -2.20. The highest BCUT2D eigenvalue weighted by Crippen LogP contribution is 2.28. The molecule has 2 aromatic rings. The minimum Gasteiger partial charge on any atom is -0.362 e. The molecule has 1 aromatic carbocycles. The number of nitrogens with zero attached hydrogens (tertiary/aromatic N) is 1. The summed E-state index contributed by atoms with van der Waals surface area (Å²) in [5, 5.41) is 6.44. The molecule has 0 bridgehead atoms. The van der Waals surface area contributed by atoms with Gasteiger partial charge in [0, 0.05) is 10.6 Å². The van der Waals surface area contributed by atoms with Gasteiger partial charge in [-0.3, -0.25) is 4.79 Å². The highest BCUT2D eigenvalue weighted by Gasteiger charge is 2.15. The predicted octanol–water partition coefficient (Wildman–Crippen LogP) is 3.56. The summed E-state index contributed by atoms with van der Waals surface area (Å²) in [5.74, 6) is -0.317. The fourth-order valence-electron chi connectivity index (χ4n) is 1.40. The Kier molecular flexibility index (Phi) is 3.89. The molecule has 18 heavy (non-hydrogen) atoms. The molecule has 0 aliphatic rings. The van der Waals surface area contributed by atoms with Crippen LogP contribution in [0.15, 0.2) is 35.1 Å². The van der Waals surface area contributed by atoms with Crippen molar-refractivity contribution in [3.63, 3.8) is 0 Å². The van der Waals surface area contributed by atoms with Crippen LogP contribution in [-0.4, -0.2) is 16.4 Å². The van der Waals surface area contributed by atoms with Crippen LogP contribution in [0.1, 0.15) is 6.92 Å². The molecule has 1 unspecified atom stereocenters. The molecule has 1 N–H and O–H groups in total. The summed E-state index contributed by atoms with van der Waals surface area (Å²) in [6, 6.07) is 7.11. The average Bonchev–Trinajstić information content (AvgIpc) is 2.77. The summed E-state index contributed by atoms with van der Waals surface area (Å²) in [4.78, 5) is 11.5. The van der Waals surface area contributed by atoms with Crippen LogP contribution in [0.5, 0.6) is 0 Å². The maximum Gasteiger partial charge on any atom is 0.242 e. The highest BCUT2D eigenvalue weighted by atomic mass is 35.5. The van der Waals surface area contributed by atoms with Gasteiger partial charge in [-0.05, 0) is 19.1 Å². The number of alkyl halides is 1. The van der Waals surface area contributed by atoms with E-state index in [2.05, 4.69) is 10.5 Å². The molecule has 0 aliphatic heterocycles. The van der Waals surface area contributed by atoms with Crippen LogP contribution < -0.4 is 5.32 Å². The topological polar surface area (TPSA) is 55.1 Å². The van der Waals surface area contributed by atoms with Gasteiger partial charge in [0.25, 0.3) is 0 Å². The number of hydrogen-bond donors (Lipinski definition) is 1. The van der Waals surface area contributed by atoms with Gasteiger partial charge in [0.2, 0.25) is 5.91 Å². The summed E-state index contributed by atoms with van der Waals surface area (Å²) in [6.07, 6.45) is 1.35. The molecule has 2 rings (SSSR count). The van der Waals surface area contributed by atoms with Crippen molar-refractivity contribution in [3.05, 3.63) is 35.6 Å². The van der Waals surface area contributed by atoms with Crippen LogP contribution in [0.3, 0.4) is 0 Å². The van der Waals surface area contributed by atoms with Crippen molar-refractivity contribution in [1.82, 2.24) is 5.16 Å². The molecular weight excluding hydrogens is 275 g/mol. The Morgan fingerprint density at radius 2 is 2.28 bits per heavy atom. The molecular formula is C12H10Cl2N2O2. The summed E-state index contributed by atoms with van der Waals surface area (Å²) >= 11 is 11.6. The third-order valence-electron chi connectivity index (χ3n) is 2.29. The van der Waals surface area contributed by atoms with Crippen LogP contribution in [-0.2, 0) is 4.79 Å². The Balaban J connectivity index is 2.30. The minimum absolute atomic E-state index is 0.317. The predicted molar refractivity (Wildman–Crippen MR) is 70.9 cm³/mol. The van der Waals surface area contributed by atoms with Crippen LogP contribution >= 0.6 is 23.2 Å². The molecule has 6 heteroatoms. The second-order valence-electron chi connectivity index (χ2n) is 3.69. The molecule has 1 amide bonds. The number of halogens is 2. The lowest BCUT2D eigenvalue weighted by Gasteiger charge is -2.05. The molecule has 0 fully saturated rings. The van der Waals surface area contributed by atoms with Gasteiger partial charge in [-0.15, -0.1) is 11.6 Å². The molecule has 0 saturated carbocycles. The van der Waals surface area contributed by atoms with E-state index in [4.69, 9.17) is 27.7 Å². The Morgan fingerprint density at radius 3 is 2.94 bits per heavy atom. The molecule has 0 saturated heterocycles. The smallest absolute Gasteiger partial charge is 0.242 e. The van der Waals surface area contributed by atoms with Gasteiger partial charge in [-0.2, -0.15) is 0 Å². The van der Waals surface area contributed by atoms with Gasteiger partial charge in [-0.1, -0.05) is 28.9 Å². The van der Waals surface area contributed by atoms with Crippen molar-refractivity contribution in [2.75, 3.05) is 5.32 Å². The van der Waals surface area contributed by atoms with E-state index >= 15 is 0 Å². The van der Waals surface area contributed by atoms with E-state index in [1.165, 1.54) is 6.26 Å². The van der Waals surface area contributed by atoms with E-state index in [0.717, 1.165) is 5.56 Å². The Hall–Kier alpha value is -1.52. The number of aromatic nitrogens is 1. The Labute approximate surface area is 114 Å². The van der Waals surface area contributed by atoms with Gasteiger partial charge in [0.1, 0.15) is 23.0 Å². The monoisotopic (exact) mass is 284 g/mol. The summed E-state index contributed by atoms with van der Waals surface area (Å²) in [5.41, 5.74) is 1.74. The zero-order valence-electron chi connectivity index (χ0n) is 9.48. The van der Waals surface area contributed by atoms with Crippen LogP contribution in [0, 0.1) is 0 Å². The molecule has 0 spiro atoms. The van der Waals surface area contributed by atoms with Gasteiger partial charge < -0.3 is 9.84 Å². The Bertz CT molecular complexity index is 567. The number of carbonyl (C=O) groups is 1. The molecule has 0 radical (unpaired) electrons. The van der Waals surface area contributed by atoms with Gasteiger partial charge in [-0.25, -0.2) is 0 Å². The van der Waals surface area contributed by atoms with Gasteiger partial charge in [0.05, 0.1) is 0 Å². The van der Waals surface area contributed by atoms with Crippen molar-refractivity contribution in [1.29, 1.82) is 0 Å². The first-order valence-corrected chi connectivity index (χ1v) is 6.04. The first-order chi connectivity index (χ1) is 8.58. The fourth-order valence-corrected chi connectivity index (χ4v) is 1.65. The fraction of sp³-hybridized carbons (Fsp3) is 0.167. The van der Waals surface area contributed by atoms with E-state index in [9.17, 15) is 4.79 Å². The maximum absolute atomic E-state index is 11.5.